The smallest absolute Gasteiger partial charge is 0.314 e. The van der Waals surface area contributed by atoms with Crippen molar-refractivity contribution in [2.45, 2.75) is 25.7 Å². The van der Waals surface area contributed by atoms with E-state index in [4.69, 9.17) is 0 Å². The molecule has 2 nitrogen and oxygen atoms in total. The molecule has 1 unspecified atom stereocenters. The molecule has 1 aromatic rings. The van der Waals surface area contributed by atoms with Crippen molar-refractivity contribution in [1.29, 1.82) is 0 Å². The van der Waals surface area contributed by atoms with E-state index in [1.165, 1.54) is 12.1 Å². The van der Waals surface area contributed by atoms with Crippen LogP contribution in [0.15, 0.2) is 24.3 Å². The summed E-state index contributed by atoms with van der Waals surface area (Å²) < 4.78 is 37.8. The number of alkyl halides is 3. The Morgan fingerprint density at radius 3 is 2.74 bits per heavy atom. The molecule has 1 aromatic carbocycles. The summed E-state index contributed by atoms with van der Waals surface area (Å²) in [6.07, 6.45) is -4.26. The van der Waals surface area contributed by atoms with Crippen LogP contribution in [0.3, 0.4) is 0 Å². The number of halogens is 4. The molecule has 1 atom stereocenters. The molecule has 0 aromatic heterocycles. The van der Waals surface area contributed by atoms with Crippen LogP contribution >= 0.6 is 12.4 Å². The lowest BCUT2D eigenvalue weighted by Gasteiger charge is -2.34. The number of benzene rings is 1. The maximum Gasteiger partial charge on any atom is 0.416 e. The lowest BCUT2D eigenvalue weighted by Crippen LogP contribution is -2.49. The highest BCUT2D eigenvalue weighted by Crippen LogP contribution is 2.29. The van der Waals surface area contributed by atoms with Gasteiger partial charge in [0.05, 0.1) is 5.56 Å². The Labute approximate surface area is 117 Å². The molecule has 1 heterocycles. The first-order chi connectivity index (χ1) is 8.47. The number of rotatable bonds is 2. The molecule has 2 rings (SSSR count). The van der Waals surface area contributed by atoms with Crippen molar-refractivity contribution < 1.29 is 13.2 Å². The molecule has 1 aliphatic heterocycles. The fourth-order valence-corrected chi connectivity index (χ4v) is 2.20. The van der Waals surface area contributed by atoms with Crippen molar-refractivity contribution >= 4 is 12.4 Å². The van der Waals surface area contributed by atoms with E-state index >= 15 is 0 Å². The monoisotopic (exact) mass is 294 g/mol. The zero-order valence-electron chi connectivity index (χ0n) is 10.7. The first kappa shape index (κ1) is 16.3. The lowest BCUT2D eigenvalue weighted by molar-refractivity contribution is -0.137. The molecular formula is C13H18ClF3N2. The Morgan fingerprint density at radius 1 is 1.37 bits per heavy atom. The van der Waals surface area contributed by atoms with Gasteiger partial charge in [-0.2, -0.15) is 13.2 Å². The third kappa shape index (κ3) is 4.37. The van der Waals surface area contributed by atoms with Crippen LogP contribution < -0.4 is 5.32 Å². The van der Waals surface area contributed by atoms with Crippen molar-refractivity contribution in [3.05, 3.63) is 35.4 Å². The molecule has 1 N–H and O–H groups in total. The molecular weight excluding hydrogens is 277 g/mol. The summed E-state index contributed by atoms with van der Waals surface area (Å²) >= 11 is 0. The molecule has 19 heavy (non-hydrogen) atoms. The number of nitrogens with one attached hydrogen (secondary N) is 1. The van der Waals surface area contributed by atoms with Gasteiger partial charge in [-0.25, -0.2) is 0 Å². The molecule has 108 valence electrons. The van der Waals surface area contributed by atoms with Crippen LogP contribution in [-0.2, 0) is 12.7 Å². The van der Waals surface area contributed by atoms with Crippen LogP contribution in [0.4, 0.5) is 13.2 Å². The van der Waals surface area contributed by atoms with E-state index in [9.17, 15) is 13.2 Å². The first-order valence-electron chi connectivity index (χ1n) is 6.08. The second-order valence-electron chi connectivity index (χ2n) is 4.72. The summed E-state index contributed by atoms with van der Waals surface area (Å²) in [4.78, 5) is 2.20. The normalized spacial score (nSPS) is 20.9. The molecule has 0 bridgehead atoms. The Morgan fingerprint density at radius 2 is 2.11 bits per heavy atom. The Bertz CT molecular complexity index is 409. The zero-order chi connectivity index (χ0) is 13.2. The minimum Gasteiger partial charge on any atom is -0.314 e. The summed E-state index contributed by atoms with van der Waals surface area (Å²) in [5.74, 6) is 0. The van der Waals surface area contributed by atoms with Gasteiger partial charge in [0, 0.05) is 32.2 Å². The number of hydrogen-bond donors (Lipinski definition) is 1. The minimum absolute atomic E-state index is 0. The topological polar surface area (TPSA) is 15.3 Å². The van der Waals surface area contributed by atoms with Crippen LogP contribution in [-0.4, -0.2) is 30.6 Å². The van der Waals surface area contributed by atoms with E-state index in [2.05, 4.69) is 17.1 Å². The first-order valence-corrected chi connectivity index (χ1v) is 6.08. The fraction of sp³-hybridized carbons (Fsp3) is 0.538. The molecule has 1 fully saturated rings. The predicted octanol–water partition coefficient (Wildman–Crippen LogP) is 2.92. The molecule has 1 aliphatic rings. The Balaban J connectivity index is 0.00000180. The van der Waals surface area contributed by atoms with Crippen molar-refractivity contribution in [3.63, 3.8) is 0 Å². The van der Waals surface area contributed by atoms with Gasteiger partial charge in [-0.05, 0) is 18.6 Å². The van der Waals surface area contributed by atoms with Gasteiger partial charge in [0.2, 0.25) is 0 Å². The van der Waals surface area contributed by atoms with Gasteiger partial charge in [0.1, 0.15) is 0 Å². The van der Waals surface area contributed by atoms with Crippen LogP contribution in [0.1, 0.15) is 18.1 Å². The summed E-state index contributed by atoms with van der Waals surface area (Å²) in [5, 5.41) is 3.26. The SMILES string of the molecule is CC1CNCCN1Cc1cccc(C(F)(F)F)c1.Cl. The fourth-order valence-electron chi connectivity index (χ4n) is 2.20. The average Bonchev–Trinajstić information content (AvgIpc) is 2.31. The van der Waals surface area contributed by atoms with Gasteiger partial charge >= 0.3 is 6.18 Å². The highest BCUT2D eigenvalue weighted by molar-refractivity contribution is 5.85. The Hall–Kier alpha value is -0.780. The van der Waals surface area contributed by atoms with Crippen LogP contribution in [0.2, 0.25) is 0 Å². The maximum absolute atomic E-state index is 12.6. The van der Waals surface area contributed by atoms with E-state index in [-0.39, 0.29) is 12.4 Å². The number of hydrogen-bond acceptors (Lipinski definition) is 2. The van der Waals surface area contributed by atoms with E-state index < -0.39 is 11.7 Å². The quantitative estimate of drug-likeness (QED) is 0.902. The molecule has 0 amide bonds. The van der Waals surface area contributed by atoms with Gasteiger partial charge in [-0.15, -0.1) is 12.4 Å². The molecule has 0 radical (unpaired) electrons. The van der Waals surface area contributed by atoms with Gasteiger partial charge in [-0.3, -0.25) is 4.90 Å². The zero-order valence-corrected chi connectivity index (χ0v) is 11.5. The van der Waals surface area contributed by atoms with Crippen molar-refractivity contribution in [3.8, 4) is 0 Å². The van der Waals surface area contributed by atoms with Gasteiger partial charge < -0.3 is 5.32 Å². The van der Waals surface area contributed by atoms with Crippen LogP contribution in [0.25, 0.3) is 0 Å². The van der Waals surface area contributed by atoms with Gasteiger partial charge in [0.15, 0.2) is 0 Å². The van der Waals surface area contributed by atoms with Crippen LogP contribution in [0.5, 0.6) is 0 Å². The highest BCUT2D eigenvalue weighted by Gasteiger charge is 2.30. The largest absolute Gasteiger partial charge is 0.416 e. The van der Waals surface area contributed by atoms with Gasteiger partial charge in [-0.1, -0.05) is 18.2 Å². The summed E-state index contributed by atoms with van der Waals surface area (Å²) in [6, 6.07) is 5.95. The molecule has 0 spiro atoms. The summed E-state index contributed by atoms with van der Waals surface area (Å²) in [5.41, 5.74) is 0.154. The van der Waals surface area contributed by atoms with E-state index in [0.29, 0.717) is 12.6 Å². The Kier molecular flexibility index (Phi) is 5.64. The maximum atomic E-state index is 12.6. The standard InChI is InChI=1S/C13H17F3N2.ClH/c1-10-8-17-5-6-18(10)9-11-3-2-4-12(7-11)13(14,15)16;/h2-4,7,10,17H,5-6,8-9H2,1H3;1H. The predicted molar refractivity (Wildman–Crippen MR) is 71.4 cm³/mol. The highest BCUT2D eigenvalue weighted by atomic mass is 35.5. The molecule has 0 aliphatic carbocycles. The number of piperazine rings is 1. The van der Waals surface area contributed by atoms with Crippen molar-refractivity contribution in [2.24, 2.45) is 0 Å². The second-order valence-corrected chi connectivity index (χ2v) is 4.72. The van der Waals surface area contributed by atoms with E-state index in [1.807, 2.05) is 0 Å². The summed E-state index contributed by atoms with van der Waals surface area (Å²) in [6.45, 7) is 5.31. The molecule has 0 saturated carbocycles. The van der Waals surface area contributed by atoms with Crippen molar-refractivity contribution in [1.82, 2.24) is 10.2 Å². The van der Waals surface area contributed by atoms with Crippen molar-refractivity contribution in [2.75, 3.05) is 19.6 Å². The summed E-state index contributed by atoms with van der Waals surface area (Å²) in [7, 11) is 0. The lowest BCUT2D eigenvalue weighted by atomic mass is 10.1. The third-order valence-electron chi connectivity index (χ3n) is 3.28. The van der Waals surface area contributed by atoms with Crippen LogP contribution in [0, 0.1) is 0 Å². The minimum atomic E-state index is -4.26. The molecule has 1 saturated heterocycles. The third-order valence-corrected chi connectivity index (χ3v) is 3.28. The van der Waals surface area contributed by atoms with E-state index in [0.717, 1.165) is 31.3 Å². The number of nitrogens with zero attached hydrogens (tertiary/aromatic N) is 1. The molecule has 6 heteroatoms. The second kappa shape index (κ2) is 6.59. The van der Waals surface area contributed by atoms with Gasteiger partial charge in [0.25, 0.3) is 0 Å². The average molecular weight is 295 g/mol. The van der Waals surface area contributed by atoms with E-state index in [1.54, 1.807) is 6.07 Å².